The predicted octanol–water partition coefficient (Wildman–Crippen LogP) is 3.67. The van der Waals surface area contributed by atoms with Gasteiger partial charge in [-0.1, -0.05) is 35.4 Å². The van der Waals surface area contributed by atoms with Crippen molar-refractivity contribution in [1.82, 2.24) is 0 Å². The smallest absolute Gasteiger partial charge is 0.258 e. The van der Waals surface area contributed by atoms with E-state index in [0.717, 1.165) is 5.56 Å². The number of aryl methyl sites for hydroxylation is 1. The quantitative estimate of drug-likeness (QED) is 0.848. The second-order valence-corrected chi connectivity index (χ2v) is 5.37. The number of carbonyl (C=O) groups is 1. The Balaban J connectivity index is 2.38. The summed E-state index contributed by atoms with van der Waals surface area (Å²) in [7, 11) is 0. The van der Waals surface area contributed by atoms with E-state index in [9.17, 15) is 9.18 Å². The molecule has 3 nitrogen and oxygen atoms in total. The van der Waals surface area contributed by atoms with Crippen LogP contribution in [0.15, 0.2) is 36.4 Å². The molecule has 0 saturated carbocycles. The molecule has 3 N–H and O–H groups in total. The molecule has 108 valence electrons. The van der Waals surface area contributed by atoms with E-state index >= 15 is 0 Å². The largest absolute Gasteiger partial charge is 0.389 e. The molecule has 0 saturated heterocycles. The van der Waals surface area contributed by atoms with E-state index in [1.54, 1.807) is 25.1 Å². The fourth-order valence-electron chi connectivity index (χ4n) is 1.84. The summed E-state index contributed by atoms with van der Waals surface area (Å²) in [6, 6.07) is 9.03. The Morgan fingerprint density at radius 2 is 1.95 bits per heavy atom. The molecule has 0 radical (unpaired) electrons. The number of amides is 1. The Kier molecular flexibility index (Phi) is 4.55. The van der Waals surface area contributed by atoms with Crippen molar-refractivity contribution in [2.45, 2.75) is 6.92 Å². The van der Waals surface area contributed by atoms with E-state index in [4.69, 9.17) is 29.6 Å². The summed E-state index contributed by atoms with van der Waals surface area (Å²) >= 11 is 10.8. The average molecular weight is 323 g/mol. The summed E-state index contributed by atoms with van der Waals surface area (Å²) < 4.78 is 13.7. The van der Waals surface area contributed by atoms with E-state index in [1.807, 2.05) is 0 Å². The zero-order valence-corrected chi connectivity index (χ0v) is 12.7. The zero-order chi connectivity index (χ0) is 15.6. The van der Waals surface area contributed by atoms with Crippen molar-refractivity contribution in [1.29, 1.82) is 0 Å². The number of hydrogen-bond donors (Lipinski definition) is 2. The zero-order valence-electron chi connectivity index (χ0n) is 11.1. The molecule has 0 fully saturated rings. The molecule has 0 aliphatic rings. The average Bonchev–Trinajstić information content (AvgIpc) is 2.41. The lowest BCUT2D eigenvalue weighted by atomic mass is 10.1. The van der Waals surface area contributed by atoms with Crippen LogP contribution in [0.3, 0.4) is 0 Å². The molecule has 0 aliphatic heterocycles. The molecule has 0 spiro atoms. The highest BCUT2D eigenvalue weighted by Crippen LogP contribution is 2.22. The van der Waals surface area contributed by atoms with Gasteiger partial charge in [-0.25, -0.2) is 4.39 Å². The molecule has 21 heavy (non-hydrogen) atoms. The maximum Gasteiger partial charge on any atom is 0.258 e. The molecule has 2 rings (SSSR count). The van der Waals surface area contributed by atoms with Crippen molar-refractivity contribution >= 4 is 40.4 Å². The third-order valence-corrected chi connectivity index (χ3v) is 3.32. The number of halogens is 2. The van der Waals surface area contributed by atoms with Crippen LogP contribution in [0.25, 0.3) is 0 Å². The minimum Gasteiger partial charge on any atom is -0.389 e. The van der Waals surface area contributed by atoms with Crippen molar-refractivity contribution in [3.63, 3.8) is 0 Å². The first kappa shape index (κ1) is 15.4. The van der Waals surface area contributed by atoms with Gasteiger partial charge in [-0.15, -0.1) is 0 Å². The number of rotatable bonds is 3. The van der Waals surface area contributed by atoms with E-state index in [0.29, 0.717) is 16.3 Å². The SMILES string of the molecule is Cc1ccc(F)c(C(=O)Nc2cc(Cl)ccc2C(N)=S)c1. The number of nitrogens with one attached hydrogen (secondary N) is 1. The highest BCUT2D eigenvalue weighted by molar-refractivity contribution is 7.80. The highest BCUT2D eigenvalue weighted by Gasteiger charge is 2.15. The number of thiocarbonyl (C=S) groups is 1. The van der Waals surface area contributed by atoms with Crippen LogP contribution in [-0.4, -0.2) is 10.9 Å². The van der Waals surface area contributed by atoms with Crippen LogP contribution < -0.4 is 11.1 Å². The van der Waals surface area contributed by atoms with Gasteiger partial charge in [0.2, 0.25) is 0 Å². The topological polar surface area (TPSA) is 55.1 Å². The minimum atomic E-state index is -0.600. The molecule has 0 aliphatic carbocycles. The Hall–Kier alpha value is -1.98. The maximum absolute atomic E-state index is 13.7. The third-order valence-electron chi connectivity index (χ3n) is 2.86. The summed E-state index contributed by atoms with van der Waals surface area (Å²) in [5, 5.41) is 3.00. The van der Waals surface area contributed by atoms with E-state index < -0.39 is 11.7 Å². The van der Waals surface area contributed by atoms with Crippen LogP contribution in [0, 0.1) is 12.7 Å². The van der Waals surface area contributed by atoms with Gasteiger partial charge in [0.1, 0.15) is 10.8 Å². The van der Waals surface area contributed by atoms with Crippen LogP contribution in [0.1, 0.15) is 21.5 Å². The Morgan fingerprint density at radius 3 is 2.62 bits per heavy atom. The summed E-state index contributed by atoms with van der Waals surface area (Å²) in [6.45, 7) is 1.77. The Bertz CT molecular complexity index is 734. The van der Waals surface area contributed by atoms with E-state index in [-0.39, 0.29) is 10.6 Å². The summed E-state index contributed by atoms with van der Waals surface area (Å²) in [5.74, 6) is -1.19. The van der Waals surface area contributed by atoms with Gasteiger partial charge < -0.3 is 11.1 Å². The molecule has 1 amide bonds. The molecule has 2 aromatic carbocycles. The van der Waals surface area contributed by atoms with Gasteiger partial charge in [0.25, 0.3) is 5.91 Å². The van der Waals surface area contributed by atoms with E-state index in [1.165, 1.54) is 18.2 Å². The lowest BCUT2D eigenvalue weighted by Crippen LogP contribution is -2.18. The molecule has 2 aromatic rings. The van der Waals surface area contributed by atoms with Crippen molar-refractivity contribution < 1.29 is 9.18 Å². The fourth-order valence-corrected chi connectivity index (χ4v) is 2.19. The van der Waals surface area contributed by atoms with Gasteiger partial charge in [0, 0.05) is 10.6 Å². The number of anilines is 1. The molecule has 6 heteroatoms. The number of benzene rings is 2. The van der Waals surface area contributed by atoms with Gasteiger partial charge >= 0.3 is 0 Å². The first-order chi connectivity index (χ1) is 9.88. The number of hydrogen-bond acceptors (Lipinski definition) is 2. The predicted molar refractivity (Wildman–Crippen MR) is 86.4 cm³/mol. The first-order valence-corrected chi connectivity index (χ1v) is 6.84. The Labute approximate surface area is 131 Å². The van der Waals surface area contributed by atoms with Crippen molar-refractivity contribution in [3.8, 4) is 0 Å². The number of nitrogens with two attached hydrogens (primary N) is 1. The first-order valence-electron chi connectivity index (χ1n) is 6.05. The van der Waals surface area contributed by atoms with Crippen LogP contribution in [-0.2, 0) is 0 Å². The molecule has 0 atom stereocenters. The van der Waals surface area contributed by atoms with Crippen molar-refractivity contribution in [2.75, 3.05) is 5.32 Å². The molecule has 0 aromatic heterocycles. The molecular weight excluding hydrogens is 311 g/mol. The standard InChI is InChI=1S/C15H12ClFN2OS/c1-8-2-5-12(17)11(6-8)15(20)19-13-7-9(16)3-4-10(13)14(18)21/h2-7H,1H3,(H2,18,21)(H,19,20). The van der Waals surface area contributed by atoms with Crippen molar-refractivity contribution in [2.24, 2.45) is 5.73 Å². The molecule has 0 heterocycles. The van der Waals surface area contributed by atoms with Crippen LogP contribution in [0.4, 0.5) is 10.1 Å². The van der Waals surface area contributed by atoms with Gasteiger partial charge in [0.15, 0.2) is 0 Å². The van der Waals surface area contributed by atoms with Crippen LogP contribution in [0.5, 0.6) is 0 Å². The van der Waals surface area contributed by atoms with E-state index in [2.05, 4.69) is 5.32 Å². The van der Waals surface area contributed by atoms with Gasteiger partial charge in [0.05, 0.1) is 11.3 Å². The fraction of sp³-hybridized carbons (Fsp3) is 0.0667. The molecule has 0 unspecified atom stereocenters. The Morgan fingerprint density at radius 1 is 1.24 bits per heavy atom. The minimum absolute atomic E-state index is 0.0520. The second-order valence-electron chi connectivity index (χ2n) is 4.49. The summed E-state index contributed by atoms with van der Waals surface area (Å²) in [4.78, 5) is 12.3. The highest BCUT2D eigenvalue weighted by atomic mass is 35.5. The summed E-state index contributed by atoms with van der Waals surface area (Å²) in [5.41, 5.74) is 7.14. The van der Waals surface area contributed by atoms with Gasteiger partial charge in [-0.3, -0.25) is 4.79 Å². The van der Waals surface area contributed by atoms with Gasteiger partial charge in [-0.2, -0.15) is 0 Å². The maximum atomic E-state index is 13.7. The van der Waals surface area contributed by atoms with Crippen LogP contribution >= 0.6 is 23.8 Å². The molecule has 0 bridgehead atoms. The van der Waals surface area contributed by atoms with Crippen LogP contribution in [0.2, 0.25) is 5.02 Å². The lowest BCUT2D eigenvalue weighted by molar-refractivity contribution is 0.102. The van der Waals surface area contributed by atoms with Gasteiger partial charge in [-0.05, 0) is 37.3 Å². The monoisotopic (exact) mass is 322 g/mol. The van der Waals surface area contributed by atoms with Crippen molar-refractivity contribution in [3.05, 3.63) is 63.9 Å². The number of carbonyl (C=O) groups excluding carboxylic acids is 1. The third kappa shape index (κ3) is 3.56. The lowest BCUT2D eigenvalue weighted by Gasteiger charge is -2.11. The summed E-state index contributed by atoms with van der Waals surface area (Å²) in [6.07, 6.45) is 0. The normalized spacial score (nSPS) is 10.2. The molecular formula is C15H12ClFN2OS. The second kappa shape index (κ2) is 6.20.